The van der Waals surface area contributed by atoms with Gasteiger partial charge in [0.05, 0.1) is 53.8 Å². The monoisotopic (exact) mass is 426 g/mol. The molecule has 2 aliphatic rings. The molecule has 0 aromatic rings. The molecule has 0 aromatic heterocycles. The Kier molecular flexibility index (Phi) is 6.20. The van der Waals surface area contributed by atoms with Crippen LogP contribution >= 0.6 is 0 Å². The zero-order valence-electron chi connectivity index (χ0n) is 18.2. The van der Waals surface area contributed by atoms with E-state index in [1.807, 2.05) is 0 Å². The molecule has 4 atom stereocenters. The van der Waals surface area contributed by atoms with Crippen LogP contribution in [0, 0.1) is 22.7 Å². The maximum Gasteiger partial charge on any atom is 0.337 e. The van der Waals surface area contributed by atoms with Crippen LogP contribution in [0.25, 0.3) is 0 Å². The first kappa shape index (κ1) is 23.2. The molecular formula is C20H26O10. The average molecular weight is 426 g/mol. The maximum atomic E-state index is 12.9. The smallest absolute Gasteiger partial charge is 0.337 e. The zero-order chi connectivity index (χ0) is 23.0. The van der Waals surface area contributed by atoms with E-state index in [4.69, 9.17) is 28.4 Å². The Bertz CT molecular complexity index is 784. The third-order valence-corrected chi connectivity index (χ3v) is 6.38. The van der Waals surface area contributed by atoms with Gasteiger partial charge in [-0.25, -0.2) is 9.59 Å². The summed E-state index contributed by atoms with van der Waals surface area (Å²) in [4.78, 5) is 51.6. The Morgan fingerprint density at radius 2 is 0.900 bits per heavy atom. The third-order valence-electron chi connectivity index (χ3n) is 6.38. The molecule has 0 aromatic carbocycles. The van der Waals surface area contributed by atoms with E-state index in [0.717, 1.165) is 28.4 Å². The summed E-state index contributed by atoms with van der Waals surface area (Å²) in [6, 6.07) is 0. The predicted octanol–water partition coefficient (Wildman–Crippen LogP) is 0.752. The number of esters is 4. The van der Waals surface area contributed by atoms with Gasteiger partial charge < -0.3 is 28.4 Å². The summed E-state index contributed by atoms with van der Waals surface area (Å²) >= 11 is 0. The number of rotatable bonds is 6. The van der Waals surface area contributed by atoms with Gasteiger partial charge in [-0.3, -0.25) is 9.59 Å². The summed E-state index contributed by atoms with van der Waals surface area (Å²) < 4.78 is 30.7. The molecule has 2 aliphatic carbocycles. The molecule has 0 N–H and O–H groups in total. The van der Waals surface area contributed by atoms with Gasteiger partial charge in [0.1, 0.15) is 23.4 Å². The summed E-state index contributed by atoms with van der Waals surface area (Å²) in [5.41, 5.74) is -3.22. The summed E-state index contributed by atoms with van der Waals surface area (Å²) in [7, 11) is 7.18. The molecule has 2 rings (SSSR count). The van der Waals surface area contributed by atoms with Gasteiger partial charge in [0, 0.05) is 10.8 Å². The van der Waals surface area contributed by atoms with Crippen LogP contribution in [0.3, 0.4) is 0 Å². The Balaban J connectivity index is 3.07. The highest BCUT2D eigenvalue weighted by atomic mass is 16.5. The van der Waals surface area contributed by atoms with Gasteiger partial charge >= 0.3 is 23.9 Å². The number of ether oxygens (including phenoxy) is 6. The number of hydrogen-bond donors (Lipinski definition) is 0. The minimum Gasteiger partial charge on any atom is -0.500 e. The van der Waals surface area contributed by atoms with Crippen LogP contribution in [0.5, 0.6) is 0 Å². The summed E-state index contributed by atoms with van der Waals surface area (Å²) in [5.74, 6) is -5.87. The highest BCUT2D eigenvalue weighted by Crippen LogP contribution is 2.72. The van der Waals surface area contributed by atoms with Crippen molar-refractivity contribution in [3.05, 3.63) is 22.7 Å². The number of carbonyl (C=O) groups excluding carboxylic acids is 4. The van der Waals surface area contributed by atoms with Crippen LogP contribution < -0.4 is 0 Å². The molecule has 0 fully saturated rings. The molecule has 0 heterocycles. The fourth-order valence-electron chi connectivity index (χ4n) is 4.92. The van der Waals surface area contributed by atoms with E-state index in [1.54, 1.807) is 13.8 Å². The second-order valence-electron chi connectivity index (χ2n) is 7.19. The van der Waals surface area contributed by atoms with Gasteiger partial charge in [-0.2, -0.15) is 0 Å². The fraction of sp³-hybridized carbons (Fsp3) is 0.600. The molecule has 0 amide bonds. The lowest BCUT2D eigenvalue weighted by Crippen LogP contribution is -2.48. The molecule has 0 saturated heterocycles. The Morgan fingerprint density at radius 1 is 0.600 bits per heavy atom. The molecule has 10 nitrogen and oxygen atoms in total. The SMILES string of the molecule is COC(=O)C1=C(OC)C(C(=O)OC)[C@@]2(C)C(C(=O)OC)=C(OC)C(C(=O)OC)[C@@]12C. The van der Waals surface area contributed by atoms with Crippen molar-refractivity contribution in [2.24, 2.45) is 22.7 Å². The van der Waals surface area contributed by atoms with E-state index in [9.17, 15) is 19.2 Å². The van der Waals surface area contributed by atoms with Crippen molar-refractivity contribution >= 4 is 23.9 Å². The fourth-order valence-corrected chi connectivity index (χ4v) is 4.92. The van der Waals surface area contributed by atoms with Crippen molar-refractivity contribution in [2.75, 3.05) is 42.7 Å². The van der Waals surface area contributed by atoms with Crippen molar-refractivity contribution < 1.29 is 47.6 Å². The minimum atomic E-state index is -1.52. The quantitative estimate of drug-likeness (QED) is 0.444. The third kappa shape index (κ3) is 2.62. The lowest BCUT2D eigenvalue weighted by atomic mass is 9.58. The Labute approximate surface area is 174 Å². The van der Waals surface area contributed by atoms with Gasteiger partial charge in [-0.05, 0) is 0 Å². The number of hydrogen-bond acceptors (Lipinski definition) is 10. The number of methoxy groups -OCH3 is 6. The molecule has 0 aliphatic heterocycles. The van der Waals surface area contributed by atoms with Crippen LogP contribution in [-0.2, 0) is 47.6 Å². The van der Waals surface area contributed by atoms with Crippen LogP contribution in [-0.4, -0.2) is 66.5 Å². The standard InChI is InChI=1S/C20H26O10/c1-19-9(15(21)27-5)13(25-3)11(17(23)29-7)20(19,2)12(18(24)30-8)14(26-4)10(19)16(22)28-6/h9,12H,1-8H3/t9?,12?,19-,20+/m0/s1. The average Bonchev–Trinajstić information content (AvgIpc) is 3.07. The summed E-state index contributed by atoms with van der Waals surface area (Å²) in [6.45, 7) is 3.11. The van der Waals surface area contributed by atoms with Crippen molar-refractivity contribution in [2.45, 2.75) is 13.8 Å². The maximum absolute atomic E-state index is 12.9. The number of fused-ring (bicyclic) bond motifs is 1. The molecule has 166 valence electrons. The van der Waals surface area contributed by atoms with Crippen molar-refractivity contribution in [1.82, 2.24) is 0 Å². The lowest BCUT2D eigenvalue weighted by molar-refractivity contribution is -0.157. The molecule has 2 unspecified atom stereocenters. The van der Waals surface area contributed by atoms with Crippen LogP contribution in [0.1, 0.15) is 13.8 Å². The van der Waals surface area contributed by atoms with Crippen molar-refractivity contribution in [1.29, 1.82) is 0 Å². The molecular weight excluding hydrogens is 400 g/mol. The molecule has 0 bridgehead atoms. The van der Waals surface area contributed by atoms with Gasteiger partial charge in [-0.15, -0.1) is 0 Å². The van der Waals surface area contributed by atoms with Gasteiger partial charge in [0.15, 0.2) is 0 Å². The number of carbonyl (C=O) groups is 4. The van der Waals surface area contributed by atoms with Crippen LogP contribution in [0.4, 0.5) is 0 Å². The molecule has 10 heteroatoms. The zero-order valence-corrected chi connectivity index (χ0v) is 18.2. The highest BCUT2D eigenvalue weighted by Gasteiger charge is 2.76. The second-order valence-corrected chi connectivity index (χ2v) is 7.19. The van der Waals surface area contributed by atoms with Crippen LogP contribution in [0.2, 0.25) is 0 Å². The van der Waals surface area contributed by atoms with E-state index in [0.29, 0.717) is 0 Å². The molecule has 0 spiro atoms. The van der Waals surface area contributed by atoms with Gasteiger partial charge in [0.25, 0.3) is 0 Å². The summed E-state index contributed by atoms with van der Waals surface area (Å²) in [5, 5.41) is 0. The molecule has 30 heavy (non-hydrogen) atoms. The first-order chi connectivity index (χ1) is 14.1. The van der Waals surface area contributed by atoms with E-state index < -0.39 is 46.5 Å². The predicted molar refractivity (Wildman–Crippen MR) is 99.3 cm³/mol. The first-order valence-electron chi connectivity index (χ1n) is 8.97. The van der Waals surface area contributed by atoms with E-state index in [-0.39, 0.29) is 22.7 Å². The normalized spacial score (nSPS) is 29.9. The van der Waals surface area contributed by atoms with Gasteiger partial charge in [-0.1, -0.05) is 13.8 Å². The first-order valence-corrected chi connectivity index (χ1v) is 8.97. The topological polar surface area (TPSA) is 124 Å². The largest absolute Gasteiger partial charge is 0.500 e. The van der Waals surface area contributed by atoms with Crippen LogP contribution in [0.15, 0.2) is 22.7 Å². The molecule has 0 radical (unpaired) electrons. The Morgan fingerprint density at radius 3 is 1.10 bits per heavy atom. The van der Waals surface area contributed by atoms with E-state index in [2.05, 4.69) is 0 Å². The Hall–Kier alpha value is -3.04. The van der Waals surface area contributed by atoms with Gasteiger partial charge in [0.2, 0.25) is 0 Å². The highest BCUT2D eigenvalue weighted by molar-refractivity contribution is 6.03. The summed E-state index contributed by atoms with van der Waals surface area (Å²) in [6.07, 6.45) is 0. The van der Waals surface area contributed by atoms with Crippen molar-refractivity contribution in [3.8, 4) is 0 Å². The minimum absolute atomic E-state index is 0.0656. The van der Waals surface area contributed by atoms with Crippen molar-refractivity contribution in [3.63, 3.8) is 0 Å². The molecule has 0 saturated carbocycles. The van der Waals surface area contributed by atoms with E-state index >= 15 is 0 Å². The lowest BCUT2D eigenvalue weighted by Gasteiger charge is -2.41. The second kappa shape index (κ2) is 8.00. The van der Waals surface area contributed by atoms with E-state index in [1.165, 1.54) is 14.2 Å².